The molecule has 2 N–H and O–H groups in total. The lowest BCUT2D eigenvalue weighted by molar-refractivity contribution is 0.0995. The average Bonchev–Trinajstić information content (AvgIpc) is 3.11. The Hall–Kier alpha value is -3.69. The summed E-state index contributed by atoms with van der Waals surface area (Å²) in [6.07, 6.45) is 3.48. The highest BCUT2D eigenvalue weighted by Gasteiger charge is 2.23. The molecule has 1 aromatic carbocycles. The van der Waals surface area contributed by atoms with Crippen LogP contribution in [0.3, 0.4) is 0 Å². The van der Waals surface area contributed by atoms with E-state index in [1.807, 2.05) is 54.6 Å². The number of nitrogens with zero attached hydrogens (tertiary/aromatic N) is 3. The summed E-state index contributed by atoms with van der Waals surface area (Å²) in [6, 6.07) is 17.1. The van der Waals surface area contributed by atoms with Gasteiger partial charge in [-0.3, -0.25) is 14.7 Å². The van der Waals surface area contributed by atoms with Gasteiger partial charge in [0.1, 0.15) is 9.71 Å². The van der Waals surface area contributed by atoms with Crippen molar-refractivity contribution < 1.29 is 4.79 Å². The number of amides is 1. The van der Waals surface area contributed by atoms with Gasteiger partial charge in [0.05, 0.1) is 17.9 Å². The number of benzene rings is 1. The second-order valence-corrected chi connectivity index (χ2v) is 7.29. The zero-order chi connectivity index (χ0) is 20.2. The molecule has 4 aromatic rings. The lowest BCUT2D eigenvalue weighted by Gasteiger charge is -2.20. The zero-order valence-corrected chi connectivity index (χ0v) is 16.6. The van der Waals surface area contributed by atoms with Crippen LogP contribution in [0.5, 0.6) is 0 Å². The third-order valence-corrected chi connectivity index (χ3v) is 5.58. The number of rotatable bonds is 4. The lowest BCUT2D eigenvalue weighted by Crippen LogP contribution is -2.31. The first kappa shape index (κ1) is 18.7. The van der Waals surface area contributed by atoms with Crippen LogP contribution < -0.4 is 10.6 Å². The van der Waals surface area contributed by atoms with Gasteiger partial charge in [-0.2, -0.15) is 0 Å². The number of aromatic nitrogens is 2. The van der Waals surface area contributed by atoms with Gasteiger partial charge in [0.15, 0.2) is 0 Å². The quantitative estimate of drug-likeness (QED) is 0.510. The summed E-state index contributed by atoms with van der Waals surface area (Å²) in [7, 11) is 0. The number of nitrogens with two attached hydrogens (primary N) is 1. The largest absolute Gasteiger partial charge is 0.397 e. The molecule has 0 saturated heterocycles. The summed E-state index contributed by atoms with van der Waals surface area (Å²) in [6.45, 7) is 2.05. The van der Waals surface area contributed by atoms with E-state index in [1.165, 1.54) is 11.3 Å². The Morgan fingerprint density at radius 1 is 1.14 bits per heavy atom. The highest BCUT2D eigenvalue weighted by atomic mass is 32.1. The van der Waals surface area contributed by atoms with E-state index in [0.717, 1.165) is 27.2 Å². The molecular weight excluding hydrogens is 380 g/mol. The second kappa shape index (κ2) is 8.13. The number of hydrogen-bond acceptors (Lipinski definition) is 5. The summed E-state index contributed by atoms with van der Waals surface area (Å²) in [5, 5.41) is 0.778. The van der Waals surface area contributed by atoms with Gasteiger partial charge in [0.25, 0.3) is 5.91 Å². The van der Waals surface area contributed by atoms with Gasteiger partial charge in [-0.05, 0) is 43.3 Å². The summed E-state index contributed by atoms with van der Waals surface area (Å²) in [5.74, 6) is 5.65. The molecule has 6 heteroatoms. The van der Waals surface area contributed by atoms with E-state index in [-0.39, 0.29) is 5.91 Å². The molecule has 0 fully saturated rings. The fourth-order valence-corrected chi connectivity index (χ4v) is 4.04. The van der Waals surface area contributed by atoms with E-state index in [4.69, 9.17) is 10.7 Å². The number of nitrogen functional groups attached to an aromatic ring is 1. The number of pyridine rings is 2. The zero-order valence-electron chi connectivity index (χ0n) is 15.8. The van der Waals surface area contributed by atoms with Crippen LogP contribution in [0.1, 0.15) is 16.6 Å². The number of thiophene rings is 1. The average molecular weight is 398 g/mol. The fraction of sp³-hybridized carbons (Fsp3) is 0.0870. The van der Waals surface area contributed by atoms with Crippen LogP contribution in [0.4, 0.5) is 11.4 Å². The van der Waals surface area contributed by atoms with Gasteiger partial charge < -0.3 is 5.73 Å². The first-order valence-electron chi connectivity index (χ1n) is 9.05. The molecule has 0 radical (unpaired) electrons. The Balaban J connectivity index is 1.76. The van der Waals surface area contributed by atoms with Crippen molar-refractivity contribution in [3.8, 4) is 23.1 Å². The molecule has 0 saturated carbocycles. The number of hydrogen-bond donors (Lipinski definition) is 1. The molecule has 4 rings (SSSR count). The molecule has 3 heterocycles. The molecule has 0 aliphatic heterocycles. The maximum absolute atomic E-state index is 13.3. The number of carbonyl (C=O) groups is 1. The molecule has 5 nitrogen and oxygen atoms in total. The third kappa shape index (κ3) is 3.68. The van der Waals surface area contributed by atoms with Crippen molar-refractivity contribution in [1.29, 1.82) is 0 Å². The van der Waals surface area contributed by atoms with E-state index in [2.05, 4.69) is 16.8 Å². The predicted octanol–water partition coefficient (Wildman–Crippen LogP) is 4.61. The smallest absolute Gasteiger partial charge is 0.271 e. The Morgan fingerprint density at radius 2 is 1.97 bits per heavy atom. The Kier molecular flexibility index (Phi) is 5.23. The summed E-state index contributed by atoms with van der Waals surface area (Å²) in [5.41, 5.74) is 9.29. The standard InChI is InChI=1S/C23H18N4OS/c1-2-3-14-27(17-9-5-4-6-10-17)23(28)21-20(24)18-11-12-19(26-22(18)29-21)16-8-7-13-25-15-16/h4-13,15H,14,24H2,1H3. The molecule has 0 unspecified atom stereocenters. The molecule has 0 aliphatic rings. The number of para-hydroxylation sites is 1. The van der Waals surface area contributed by atoms with Crippen molar-refractivity contribution in [1.82, 2.24) is 9.97 Å². The van der Waals surface area contributed by atoms with Gasteiger partial charge in [0, 0.05) is 29.0 Å². The van der Waals surface area contributed by atoms with Crippen molar-refractivity contribution in [3.63, 3.8) is 0 Å². The summed E-state index contributed by atoms with van der Waals surface area (Å²) in [4.78, 5) is 25.0. The second-order valence-electron chi connectivity index (χ2n) is 6.29. The van der Waals surface area contributed by atoms with Crippen LogP contribution in [0, 0.1) is 11.8 Å². The molecule has 1 amide bonds. The van der Waals surface area contributed by atoms with E-state index in [0.29, 0.717) is 17.1 Å². The number of anilines is 2. The summed E-state index contributed by atoms with van der Waals surface area (Å²) < 4.78 is 0. The molecule has 0 atom stereocenters. The number of carbonyl (C=O) groups excluding carboxylic acids is 1. The van der Waals surface area contributed by atoms with Crippen LogP contribution in [0.25, 0.3) is 21.5 Å². The predicted molar refractivity (Wildman–Crippen MR) is 119 cm³/mol. The lowest BCUT2D eigenvalue weighted by atomic mass is 10.1. The minimum Gasteiger partial charge on any atom is -0.397 e. The highest BCUT2D eigenvalue weighted by molar-refractivity contribution is 7.21. The van der Waals surface area contributed by atoms with Crippen LogP contribution in [0.2, 0.25) is 0 Å². The van der Waals surface area contributed by atoms with Crippen molar-refractivity contribution in [2.24, 2.45) is 0 Å². The van der Waals surface area contributed by atoms with Crippen molar-refractivity contribution in [2.45, 2.75) is 6.92 Å². The van der Waals surface area contributed by atoms with Crippen molar-refractivity contribution >= 4 is 38.8 Å². The molecule has 0 spiro atoms. The molecule has 0 bridgehead atoms. The third-order valence-electron chi connectivity index (χ3n) is 4.47. The van der Waals surface area contributed by atoms with Gasteiger partial charge in [-0.1, -0.05) is 24.1 Å². The number of fused-ring (bicyclic) bond motifs is 1. The first-order chi connectivity index (χ1) is 14.2. The monoisotopic (exact) mass is 398 g/mol. The van der Waals surface area contributed by atoms with E-state index >= 15 is 0 Å². The van der Waals surface area contributed by atoms with Crippen LogP contribution in [-0.2, 0) is 0 Å². The molecule has 3 aromatic heterocycles. The van der Waals surface area contributed by atoms with Crippen molar-refractivity contribution in [2.75, 3.05) is 17.2 Å². The Labute approximate surface area is 172 Å². The van der Waals surface area contributed by atoms with Crippen LogP contribution >= 0.6 is 11.3 Å². The highest BCUT2D eigenvalue weighted by Crippen LogP contribution is 2.35. The van der Waals surface area contributed by atoms with Crippen molar-refractivity contribution in [3.05, 3.63) is 71.9 Å². The maximum atomic E-state index is 13.3. The topological polar surface area (TPSA) is 72.1 Å². The Bertz CT molecular complexity index is 1220. The SMILES string of the molecule is CC#CCN(C(=O)c1sc2nc(-c3cccnc3)ccc2c1N)c1ccccc1. The van der Waals surface area contributed by atoms with E-state index in [1.54, 1.807) is 24.2 Å². The van der Waals surface area contributed by atoms with E-state index in [9.17, 15) is 4.79 Å². The van der Waals surface area contributed by atoms with Gasteiger partial charge in [-0.15, -0.1) is 17.3 Å². The Morgan fingerprint density at radius 3 is 2.69 bits per heavy atom. The maximum Gasteiger partial charge on any atom is 0.271 e. The first-order valence-corrected chi connectivity index (χ1v) is 9.86. The van der Waals surface area contributed by atoms with Gasteiger partial charge in [-0.25, -0.2) is 4.98 Å². The van der Waals surface area contributed by atoms with Gasteiger partial charge >= 0.3 is 0 Å². The van der Waals surface area contributed by atoms with Crippen LogP contribution in [-0.4, -0.2) is 22.4 Å². The van der Waals surface area contributed by atoms with Crippen LogP contribution in [0.15, 0.2) is 67.0 Å². The van der Waals surface area contributed by atoms with Gasteiger partial charge in [0.2, 0.25) is 0 Å². The normalized spacial score (nSPS) is 10.4. The molecule has 29 heavy (non-hydrogen) atoms. The molecule has 142 valence electrons. The fourth-order valence-electron chi connectivity index (χ4n) is 3.00. The molecule has 0 aliphatic carbocycles. The minimum atomic E-state index is -0.178. The minimum absolute atomic E-state index is 0.178. The summed E-state index contributed by atoms with van der Waals surface area (Å²) >= 11 is 1.30. The van der Waals surface area contributed by atoms with E-state index < -0.39 is 0 Å². The molecular formula is C23H18N4OS.